The summed E-state index contributed by atoms with van der Waals surface area (Å²) >= 11 is 5.82. The van der Waals surface area contributed by atoms with Gasteiger partial charge in [-0.15, -0.1) is 4.71 Å². The third-order valence-electron chi connectivity index (χ3n) is 2.93. The highest BCUT2D eigenvalue weighted by Gasteiger charge is 2.51. The first-order valence-corrected chi connectivity index (χ1v) is 4.53. The summed E-state index contributed by atoms with van der Waals surface area (Å²) in [6, 6.07) is 0.611. The third kappa shape index (κ3) is 1.15. The molecule has 4 heteroatoms. The topological polar surface area (TPSA) is 0 Å². The molecule has 0 saturated carbocycles. The van der Waals surface area contributed by atoms with Crippen molar-refractivity contribution >= 4 is 11.6 Å². The molecule has 0 N–H and O–H groups in total. The highest BCUT2D eigenvalue weighted by Crippen LogP contribution is 2.29. The van der Waals surface area contributed by atoms with Crippen LogP contribution in [0.2, 0.25) is 0 Å². The van der Waals surface area contributed by atoms with E-state index in [2.05, 4.69) is 0 Å². The summed E-state index contributed by atoms with van der Waals surface area (Å²) < 4.78 is 14.1. The predicted octanol–water partition coefficient (Wildman–Crippen LogP) is 0.890. The summed E-state index contributed by atoms with van der Waals surface area (Å²) in [5.74, 6) is 0. The SMILES string of the molecule is F[N+]12C[CH][N+](CCl)(CC1)CC2. The van der Waals surface area contributed by atoms with Gasteiger partial charge in [0.25, 0.3) is 0 Å². The summed E-state index contributed by atoms with van der Waals surface area (Å²) in [7, 11) is 0. The monoisotopic (exact) mass is 179 g/mol. The molecule has 0 aromatic carbocycles. The normalized spacial score (nSPS) is 49.6. The molecule has 3 aliphatic heterocycles. The largest absolute Gasteiger partial charge is 0.289 e. The van der Waals surface area contributed by atoms with Crippen LogP contribution in [-0.4, -0.2) is 47.9 Å². The standard InChI is InChI=1S/C7H13ClFN2/c8-7-10-1-4-11(9,5-2-10)6-3-10/h1H,2-7H2/q+2. The van der Waals surface area contributed by atoms with E-state index in [1.165, 1.54) is 0 Å². The van der Waals surface area contributed by atoms with Gasteiger partial charge in [-0.1, -0.05) is 11.6 Å². The summed E-state index contributed by atoms with van der Waals surface area (Å²) in [4.78, 5) is 0. The molecular weight excluding hydrogens is 167 g/mol. The Kier molecular flexibility index (Phi) is 1.63. The Balaban J connectivity index is 2.12. The molecule has 3 rings (SSSR count). The van der Waals surface area contributed by atoms with E-state index in [-0.39, 0.29) is 4.71 Å². The lowest BCUT2D eigenvalue weighted by Crippen LogP contribution is -2.69. The van der Waals surface area contributed by atoms with Crippen molar-refractivity contribution in [2.24, 2.45) is 0 Å². The first-order valence-electron chi connectivity index (χ1n) is 4.00. The van der Waals surface area contributed by atoms with Crippen molar-refractivity contribution < 1.29 is 13.7 Å². The van der Waals surface area contributed by atoms with Crippen molar-refractivity contribution in [1.29, 1.82) is 0 Å². The van der Waals surface area contributed by atoms with Gasteiger partial charge in [0.2, 0.25) is 6.54 Å². The minimum absolute atomic E-state index is 0.253. The van der Waals surface area contributed by atoms with Gasteiger partial charge in [-0.05, 0) is 4.48 Å². The smallest absolute Gasteiger partial charge is 0.201 e. The van der Waals surface area contributed by atoms with E-state index in [0.29, 0.717) is 25.6 Å². The minimum Gasteiger partial charge on any atom is -0.289 e. The Morgan fingerprint density at radius 3 is 2.27 bits per heavy atom. The first-order chi connectivity index (χ1) is 5.18. The summed E-state index contributed by atoms with van der Waals surface area (Å²) in [6.07, 6.45) is 0. The molecule has 1 radical (unpaired) electrons. The van der Waals surface area contributed by atoms with Crippen LogP contribution < -0.4 is 0 Å². The molecule has 0 atom stereocenters. The summed E-state index contributed by atoms with van der Waals surface area (Å²) in [5.41, 5.74) is 0. The van der Waals surface area contributed by atoms with Gasteiger partial charge in [0, 0.05) is 0 Å². The van der Waals surface area contributed by atoms with Crippen molar-refractivity contribution in [3.8, 4) is 0 Å². The Morgan fingerprint density at radius 2 is 1.91 bits per heavy atom. The number of hydrogen-bond donors (Lipinski definition) is 0. The maximum atomic E-state index is 13.5. The molecule has 0 spiro atoms. The average molecular weight is 180 g/mol. The Morgan fingerprint density at radius 1 is 1.27 bits per heavy atom. The van der Waals surface area contributed by atoms with Crippen molar-refractivity contribution in [2.45, 2.75) is 0 Å². The molecule has 2 bridgehead atoms. The number of quaternary nitrogens is 2. The van der Waals surface area contributed by atoms with Gasteiger partial charge < -0.3 is 0 Å². The Hall–Kier alpha value is 0.140. The van der Waals surface area contributed by atoms with Crippen molar-refractivity contribution in [3.63, 3.8) is 0 Å². The first kappa shape index (κ1) is 7.77. The molecule has 3 fully saturated rings. The molecule has 11 heavy (non-hydrogen) atoms. The fraction of sp³-hybridized carbons (Fsp3) is 0.857. The number of halogens is 2. The maximum Gasteiger partial charge on any atom is 0.201 e. The van der Waals surface area contributed by atoms with Crippen LogP contribution in [-0.2, 0) is 0 Å². The molecule has 2 nitrogen and oxygen atoms in total. The van der Waals surface area contributed by atoms with E-state index < -0.39 is 0 Å². The molecule has 0 amide bonds. The second kappa shape index (κ2) is 2.31. The highest BCUT2D eigenvalue weighted by atomic mass is 35.5. The number of nitrogens with zero attached hydrogens (tertiary/aromatic N) is 2. The van der Waals surface area contributed by atoms with Crippen LogP contribution >= 0.6 is 11.6 Å². The van der Waals surface area contributed by atoms with E-state index in [0.717, 1.165) is 17.6 Å². The number of fused-ring (bicyclic) bond motifs is 3. The van der Waals surface area contributed by atoms with E-state index in [1.54, 1.807) is 0 Å². The van der Waals surface area contributed by atoms with Gasteiger partial charge >= 0.3 is 0 Å². The van der Waals surface area contributed by atoms with E-state index in [9.17, 15) is 4.48 Å². The van der Waals surface area contributed by atoms with Crippen molar-refractivity contribution in [2.75, 3.05) is 38.7 Å². The van der Waals surface area contributed by atoms with Crippen LogP contribution in [0.4, 0.5) is 4.48 Å². The van der Waals surface area contributed by atoms with Crippen molar-refractivity contribution in [3.05, 3.63) is 6.54 Å². The Labute approximate surface area is 71.3 Å². The van der Waals surface area contributed by atoms with Crippen LogP contribution in [0, 0.1) is 6.54 Å². The number of rotatable bonds is 1. The van der Waals surface area contributed by atoms with E-state index in [4.69, 9.17) is 11.6 Å². The third-order valence-corrected chi connectivity index (χ3v) is 3.40. The van der Waals surface area contributed by atoms with Gasteiger partial charge in [0.15, 0.2) is 25.6 Å². The quantitative estimate of drug-likeness (QED) is 0.243. The molecule has 3 saturated heterocycles. The second-order valence-corrected chi connectivity index (χ2v) is 3.87. The second-order valence-electron chi connectivity index (χ2n) is 3.63. The van der Waals surface area contributed by atoms with Gasteiger partial charge in [-0.25, -0.2) is 0 Å². The van der Waals surface area contributed by atoms with E-state index in [1.807, 2.05) is 6.54 Å². The molecular formula is C7H13ClFN2+2. The number of piperazine rings is 3. The average Bonchev–Trinajstić information content (AvgIpc) is 2.07. The predicted molar refractivity (Wildman–Crippen MR) is 41.0 cm³/mol. The maximum absolute atomic E-state index is 13.5. The van der Waals surface area contributed by atoms with Crippen LogP contribution in [0.3, 0.4) is 0 Å². The molecule has 0 aromatic rings. The fourth-order valence-corrected chi connectivity index (χ4v) is 2.17. The van der Waals surface area contributed by atoms with Gasteiger partial charge in [0.05, 0.1) is 0 Å². The summed E-state index contributed by atoms with van der Waals surface area (Å²) in [6.45, 7) is 5.61. The van der Waals surface area contributed by atoms with Crippen LogP contribution in [0.15, 0.2) is 0 Å². The highest BCUT2D eigenvalue weighted by molar-refractivity contribution is 6.17. The molecule has 0 unspecified atom stereocenters. The molecule has 3 heterocycles. The molecule has 0 aliphatic carbocycles. The molecule has 3 aliphatic rings. The lowest BCUT2D eigenvalue weighted by Gasteiger charge is -2.47. The van der Waals surface area contributed by atoms with Gasteiger partial charge in [0.1, 0.15) is 13.1 Å². The Bertz CT molecular complexity index is 149. The lowest BCUT2D eigenvalue weighted by atomic mass is 10.2. The number of alkyl halides is 1. The van der Waals surface area contributed by atoms with Gasteiger partial charge in [-0.2, -0.15) is 0 Å². The lowest BCUT2D eigenvalue weighted by molar-refractivity contribution is -1.13. The van der Waals surface area contributed by atoms with Crippen LogP contribution in [0.5, 0.6) is 0 Å². The van der Waals surface area contributed by atoms with Gasteiger partial charge in [-0.3, -0.25) is 4.48 Å². The zero-order valence-electron chi connectivity index (χ0n) is 6.47. The van der Waals surface area contributed by atoms with Crippen LogP contribution in [0.25, 0.3) is 0 Å². The summed E-state index contributed by atoms with van der Waals surface area (Å²) in [5, 5.41) is 0. The van der Waals surface area contributed by atoms with Crippen molar-refractivity contribution in [1.82, 2.24) is 0 Å². The molecule has 0 aromatic heterocycles. The zero-order valence-corrected chi connectivity index (χ0v) is 7.23. The number of hydrogen-bond acceptors (Lipinski definition) is 0. The van der Waals surface area contributed by atoms with Crippen LogP contribution in [0.1, 0.15) is 0 Å². The fourth-order valence-electron chi connectivity index (χ4n) is 1.83. The minimum atomic E-state index is -0.253. The molecule has 63 valence electrons. The zero-order chi connectivity index (χ0) is 7.95. The van der Waals surface area contributed by atoms with E-state index >= 15 is 0 Å².